The van der Waals surface area contributed by atoms with Gasteiger partial charge in [0.2, 0.25) is 0 Å². The standard InChI is InChI=1S/C17H16BrClF2N2O2S/c18-10-3-4-11(25-17(20)21)12-13(19)15(26-14(10)12)16(24)23-7-6-22-5-1-2-9(22)8-23/h3-4,9,17H,1-2,5-8H2. The molecular weight excluding hydrogens is 450 g/mol. The second-order valence-corrected chi connectivity index (χ2v) is 8.71. The van der Waals surface area contributed by atoms with Crippen molar-refractivity contribution in [2.24, 2.45) is 0 Å². The number of amides is 1. The number of hydrogen-bond acceptors (Lipinski definition) is 4. The van der Waals surface area contributed by atoms with E-state index in [0.29, 0.717) is 38.6 Å². The first-order valence-electron chi connectivity index (χ1n) is 8.34. The molecule has 2 fully saturated rings. The molecule has 1 amide bonds. The molecule has 2 saturated heterocycles. The fourth-order valence-electron chi connectivity index (χ4n) is 3.76. The topological polar surface area (TPSA) is 32.8 Å². The van der Waals surface area contributed by atoms with Crippen LogP contribution in [0, 0.1) is 0 Å². The van der Waals surface area contributed by atoms with E-state index >= 15 is 0 Å². The Morgan fingerprint density at radius 1 is 1.35 bits per heavy atom. The first kappa shape index (κ1) is 18.4. The highest BCUT2D eigenvalue weighted by atomic mass is 79.9. The number of carbonyl (C=O) groups excluding carboxylic acids is 1. The van der Waals surface area contributed by atoms with Crippen LogP contribution in [0.25, 0.3) is 10.1 Å². The molecule has 0 radical (unpaired) electrons. The first-order chi connectivity index (χ1) is 12.5. The molecule has 0 N–H and O–H groups in total. The number of piperazine rings is 1. The van der Waals surface area contributed by atoms with Crippen LogP contribution >= 0.6 is 38.9 Å². The average molecular weight is 466 g/mol. The summed E-state index contributed by atoms with van der Waals surface area (Å²) >= 11 is 11.1. The summed E-state index contributed by atoms with van der Waals surface area (Å²) in [5, 5.41) is 0.537. The van der Waals surface area contributed by atoms with Crippen LogP contribution in [0.4, 0.5) is 8.78 Å². The van der Waals surface area contributed by atoms with E-state index in [4.69, 9.17) is 11.6 Å². The Kier molecular flexibility index (Phi) is 5.11. The third-order valence-electron chi connectivity index (χ3n) is 4.98. The summed E-state index contributed by atoms with van der Waals surface area (Å²) in [7, 11) is 0. The van der Waals surface area contributed by atoms with Gasteiger partial charge in [-0.1, -0.05) is 11.6 Å². The first-order valence-corrected chi connectivity index (χ1v) is 10.3. The molecule has 4 rings (SSSR count). The van der Waals surface area contributed by atoms with Gasteiger partial charge in [0.15, 0.2) is 0 Å². The Hall–Kier alpha value is -0.960. The molecule has 0 spiro atoms. The highest BCUT2D eigenvalue weighted by Gasteiger charge is 2.34. The van der Waals surface area contributed by atoms with Gasteiger partial charge in [0.05, 0.1) is 15.1 Å². The number of rotatable bonds is 3. The second-order valence-electron chi connectivity index (χ2n) is 6.46. The SMILES string of the molecule is O=C(c1sc2c(Br)ccc(OC(F)F)c2c1Cl)N1CCN2CCCC2C1. The zero-order valence-corrected chi connectivity index (χ0v) is 16.8. The Morgan fingerprint density at radius 2 is 2.15 bits per heavy atom. The van der Waals surface area contributed by atoms with Crippen molar-refractivity contribution in [3.8, 4) is 5.75 Å². The van der Waals surface area contributed by atoms with E-state index in [1.807, 2.05) is 4.90 Å². The van der Waals surface area contributed by atoms with Crippen molar-refractivity contribution in [2.45, 2.75) is 25.5 Å². The van der Waals surface area contributed by atoms with Gasteiger partial charge in [0.25, 0.3) is 5.91 Å². The molecule has 1 atom stereocenters. The summed E-state index contributed by atoms with van der Waals surface area (Å²) in [5.74, 6) is -0.156. The lowest BCUT2D eigenvalue weighted by molar-refractivity contribution is -0.0487. The van der Waals surface area contributed by atoms with Crippen molar-refractivity contribution in [3.05, 3.63) is 26.5 Å². The number of fused-ring (bicyclic) bond motifs is 2. The van der Waals surface area contributed by atoms with Crippen LogP contribution in [-0.2, 0) is 0 Å². The number of halogens is 4. The van der Waals surface area contributed by atoms with Gasteiger partial charge < -0.3 is 9.64 Å². The minimum Gasteiger partial charge on any atom is -0.434 e. The molecule has 4 nitrogen and oxygen atoms in total. The molecule has 0 bridgehead atoms. The van der Waals surface area contributed by atoms with Gasteiger partial charge in [0, 0.05) is 30.1 Å². The molecule has 2 aromatic rings. The maximum absolute atomic E-state index is 13.1. The quantitative estimate of drug-likeness (QED) is 0.650. The fraction of sp³-hybridized carbons (Fsp3) is 0.471. The summed E-state index contributed by atoms with van der Waals surface area (Å²) in [6, 6.07) is 3.46. The van der Waals surface area contributed by atoms with Crippen LogP contribution in [0.1, 0.15) is 22.5 Å². The van der Waals surface area contributed by atoms with Crippen molar-refractivity contribution in [1.82, 2.24) is 9.80 Å². The molecular formula is C17H16BrClF2N2O2S. The molecule has 140 valence electrons. The summed E-state index contributed by atoms with van der Waals surface area (Å²) in [5.41, 5.74) is 0. The number of carbonyl (C=O) groups is 1. The highest BCUT2D eigenvalue weighted by molar-refractivity contribution is 9.10. The van der Waals surface area contributed by atoms with E-state index in [2.05, 4.69) is 25.6 Å². The van der Waals surface area contributed by atoms with E-state index in [9.17, 15) is 13.6 Å². The molecule has 1 unspecified atom stereocenters. The number of ether oxygens (including phenoxy) is 1. The molecule has 2 aliphatic rings. The van der Waals surface area contributed by atoms with Crippen molar-refractivity contribution in [2.75, 3.05) is 26.2 Å². The van der Waals surface area contributed by atoms with Gasteiger partial charge in [-0.05, 0) is 47.4 Å². The van der Waals surface area contributed by atoms with Crippen molar-refractivity contribution in [3.63, 3.8) is 0 Å². The lowest BCUT2D eigenvalue weighted by Crippen LogP contribution is -2.51. The molecule has 2 aliphatic heterocycles. The van der Waals surface area contributed by atoms with Crippen molar-refractivity contribution < 1.29 is 18.3 Å². The minimum absolute atomic E-state index is 0.0147. The van der Waals surface area contributed by atoms with Crippen LogP contribution < -0.4 is 4.74 Å². The zero-order chi connectivity index (χ0) is 18.4. The van der Waals surface area contributed by atoms with Crippen LogP contribution in [0.5, 0.6) is 5.75 Å². The normalized spacial score (nSPS) is 20.8. The third kappa shape index (κ3) is 3.21. The maximum atomic E-state index is 13.1. The van der Waals surface area contributed by atoms with Crippen LogP contribution in [0.2, 0.25) is 5.02 Å². The number of alkyl halides is 2. The Morgan fingerprint density at radius 3 is 2.92 bits per heavy atom. The van der Waals surface area contributed by atoms with Gasteiger partial charge in [-0.2, -0.15) is 8.78 Å². The lowest BCUT2D eigenvalue weighted by Gasteiger charge is -2.37. The predicted molar refractivity (Wildman–Crippen MR) is 102 cm³/mol. The largest absolute Gasteiger partial charge is 0.434 e. The Bertz CT molecular complexity index is 863. The van der Waals surface area contributed by atoms with E-state index in [0.717, 1.165) is 25.9 Å². The zero-order valence-electron chi connectivity index (χ0n) is 13.7. The smallest absolute Gasteiger partial charge is 0.387 e. The summed E-state index contributed by atoms with van der Waals surface area (Å²) in [6.07, 6.45) is 2.26. The van der Waals surface area contributed by atoms with E-state index < -0.39 is 6.61 Å². The van der Waals surface area contributed by atoms with E-state index in [1.54, 1.807) is 6.07 Å². The number of benzene rings is 1. The van der Waals surface area contributed by atoms with Crippen molar-refractivity contribution in [1.29, 1.82) is 0 Å². The summed E-state index contributed by atoms with van der Waals surface area (Å²) in [4.78, 5) is 17.7. The molecule has 0 saturated carbocycles. The van der Waals surface area contributed by atoms with Crippen LogP contribution in [0.3, 0.4) is 0 Å². The molecule has 3 heterocycles. The van der Waals surface area contributed by atoms with E-state index in [1.165, 1.54) is 17.4 Å². The van der Waals surface area contributed by atoms with Gasteiger partial charge >= 0.3 is 6.61 Å². The molecule has 0 aliphatic carbocycles. The van der Waals surface area contributed by atoms with Gasteiger partial charge in [-0.15, -0.1) is 11.3 Å². The Balaban J connectivity index is 1.69. The van der Waals surface area contributed by atoms with Crippen molar-refractivity contribution >= 4 is 54.9 Å². The number of hydrogen-bond donors (Lipinski definition) is 0. The maximum Gasteiger partial charge on any atom is 0.387 e. The Labute approximate surface area is 166 Å². The van der Waals surface area contributed by atoms with E-state index in [-0.39, 0.29) is 16.7 Å². The van der Waals surface area contributed by atoms with Gasteiger partial charge in [-0.25, -0.2) is 0 Å². The number of nitrogens with zero attached hydrogens (tertiary/aromatic N) is 2. The van der Waals surface area contributed by atoms with Crippen LogP contribution in [0.15, 0.2) is 16.6 Å². The monoisotopic (exact) mass is 464 g/mol. The third-order valence-corrected chi connectivity index (χ3v) is 7.60. The average Bonchev–Trinajstić information content (AvgIpc) is 3.21. The minimum atomic E-state index is -2.95. The second kappa shape index (κ2) is 7.22. The molecule has 26 heavy (non-hydrogen) atoms. The predicted octanol–water partition coefficient (Wildman–Crippen LogP) is 4.84. The highest BCUT2D eigenvalue weighted by Crippen LogP contribution is 2.45. The number of thiophene rings is 1. The molecule has 1 aromatic heterocycles. The van der Waals surface area contributed by atoms with Crippen LogP contribution in [-0.4, -0.2) is 54.5 Å². The summed E-state index contributed by atoms with van der Waals surface area (Å²) < 4.78 is 31.3. The molecule has 9 heteroatoms. The lowest BCUT2D eigenvalue weighted by atomic mass is 10.1. The molecule has 1 aromatic carbocycles. The fourth-order valence-corrected chi connectivity index (χ4v) is 5.85. The van der Waals surface area contributed by atoms with Gasteiger partial charge in [0.1, 0.15) is 10.6 Å². The summed E-state index contributed by atoms with van der Waals surface area (Å²) in [6.45, 7) is 0.344. The van der Waals surface area contributed by atoms with Gasteiger partial charge in [-0.3, -0.25) is 9.69 Å².